The minimum atomic E-state index is -0.534. The summed E-state index contributed by atoms with van der Waals surface area (Å²) in [6, 6.07) is 14.8. The molecular weight excluding hydrogens is 394 g/mol. The predicted octanol–water partition coefficient (Wildman–Crippen LogP) is 5.83. The Bertz CT molecular complexity index is 1090. The monoisotopic (exact) mass is 419 g/mol. The maximum Gasteiger partial charge on any atom is 0.322 e. The van der Waals surface area contributed by atoms with Crippen LogP contribution >= 0.6 is 11.8 Å². The van der Waals surface area contributed by atoms with Crippen molar-refractivity contribution in [2.45, 2.75) is 54.8 Å². The Morgan fingerprint density at radius 2 is 1.97 bits per heavy atom. The number of rotatable bonds is 7. The van der Waals surface area contributed by atoms with Crippen molar-refractivity contribution in [1.29, 1.82) is 0 Å². The molecule has 0 spiro atoms. The molecule has 5 rings (SSSR count). The summed E-state index contributed by atoms with van der Waals surface area (Å²) in [5, 5.41) is 6.59. The summed E-state index contributed by atoms with van der Waals surface area (Å²) in [5.74, 6) is 1.28. The van der Waals surface area contributed by atoms with E-state index in [-0.39, 0.29) is 5.97 Å². The van der Waals surface area contributed by atoms with E-state index in [1.807, 2.05) is 13.0 Å². The van der Waals surface area contributed by atoms with Crippen LogP contribution in [0.1, 0.15) is 50.5 Å². The van der Waals surface area contributed by atoms with Gasteiger partial charge >= 0.3 is 5.97 Å². The lowest BCUT2D eigenvalue weighted by molar-refractivity contribution is -0.148. The lowest BCUT2D eigenvalue weighted by Gasteiger charge is -2.37. The van der Waals surface area contributed by atoms with E-state index in [9.17, 15) is 4.79 Å². The van der Waals surface area contributed by atoms with Gasteiger partial charge in [0, 0.05) is 17.3 Å². The molecule has 6 heteroatoms. The predicted molar refractivity (Wildman–Crippen MR) is 120 cm³/mol. The number of aromatic nitrogens is 2. The van der Waals surface area contributed by atoms with E-state index < -0.39 is 4.75 Å². The molecule has 154 valence electrons. The summed E-state index contributed by atoms with van der Waals surface area (Å²) in [5.41, 5.74) is 2.48. The van der Waals surface area contributed by atoms with Gasteiger partial charge in [0.25, 0.3) is 0 Å². The Kier molecular flexibility index (Phi) is 5.11. The fourth-order valence-corrected chi connectivity index (χ4v) is 5.30. The number of thioether (sulfide) groups is 1. The van der Waals surface area contributed by atoms with Gasteiger partial charge in [-0.25, -0.2) is 9.97 Å². The minimum absolute atomic E-state index is 0.148. The van der Waals surface area contributed by atoms with E-state index in [0.717, 1.165) is 30.8 Å². The highest BCUT2D eigenvalue weighted by atomic mass is 32.2. The van der Waals surface area contributed by atoms with E-state index in [0.29, 0.717) is 17.7 Å². The molecule has 0 unspecified atom stereocenters. The number of nitrogens with zero attached hydrogens (tertiary/aromatic N) is 2. The minimum Gasteiger partial charge on any atom is -0.465 e. The van der Waals surface area contributed by atoms with Gasteiger partial charge < -0.3 is 10.1 Å². The van der Waals surface area contributed by atoms with Crippen molar-refractivity contribution in [3.05, 3.63) is 54.2 Å². The molecule has 5 nitrogen and oxygen atoms in total. The van der Waals surface area contributed by atoms with Crippen LogP contribution < -0.4 is 5.32 Å². The number of nitrogens with one attached hydrogen (secondary N) is 1. The second-order valence-electron chi connectivity index (χ2n) is 8.04. The van der Waals surface area contributed by atoms with Gasteiger partial charge in [-0.15, -0.1) is 0 Å². The lowest BCUT2D eigenvalue weighted by Crippen LogP contribution is -2.43. The Labute approximate surface area is 180 Å². The van der Waals surface area contributed by atoms with Crippen LogP contribution in [0.2, 0.25) is 0 Å². The molecule has 3 aromatic rings. The number of carbonyl (C=O) groups excluding carboxylic acids is 1. The van der Waals surface area contributed by atoms with Crippen molar-refractivity contribution >= 4 is 40.0 Å². The van der Waals surface area contributed by atoms with Gasteiger partial charge in [0.15, 0.2) is 5.16 Å². The van der Waals surface area contributed by atoms with Gasteiger partial charge in [-0.3, -0.25) is 4.79 Å². The summed E-state index contributed by atoms with van der Waals surface area (Å²) < 4.78 is 4.77. The van der Waals surface area contributed by atoms with Gasteiger partial charge in [-0.05, 0) is 68.0 Å². The van der Waals surface area contributed by atoms with Crippen LogP contribution in [-0.4, -0.2) is 27.3 Å². The largest absolute Gasteiger partial charge is 0.465 e. The van der Waals surface area contributed by atoms with E-state index in [2.05, 4.69) is 51.7 Å². The summed E-state index contributed by atoms with van der Waals surface area (Å²) >= 11 is 1.43. The third-order valence-corrected chi connectivity index (χ3v) is 7.31. The maximum absolute atomic E-state index is 12.5. The number of hydrogen-bond donors (Lipinski definition) is 1. The Hall–Kier alpha value is -2.60. The van der Waals surface area contributed by atoms with E-state index in [4.69, 9.17) is 4.74 Å². The molecule has 2 fully saturated rings. The topological polar surface area (TPSA) is 64.1 Å². The molecule has 2 saturated carbocycles. The molecular formula is C24H25N3O2S. The molecule has 2 aliphatic carbocycles. The highest BCUT2D eigenvalue weighted by molar-refractivity contribution is 8.01. The molecule has 1 aromatic heterocycles. The molecule has 2 aromatic carbocycles. The van der Waals surface area contributed by atoms with E-state index >= 15 is 0 Å². The molecule has 30 heavy (non-hydrogen) atoms. The van der Waals surface area contributed by atoms with Crippen molar-refractivity contribution in [2.75, 3.05) is 11.9 Å². The van der Waals surface area contributed by atoms with Gasteiger partial charge in [0.1, 0.15) is 10.6 Å². The smallest absolute Gasteiger partial charge is 0.322 e. The zero-order valence-corrected chi connectivity index (χ0v) is 17.9. The normalized spacial score (nSPS) is 17.4. The third kappa shape index (κ3) is 3.65. The number of carbonyl (C=O) groups is 1. The number of ether oxygens (including phenoxy) is 1. The van der Waals surface area contributed by atoms with E-state index in [1.165, 1.54) is 40.9 Å². The fraction of sp³-hybridized carbons (Fsp3) is 0.375. The number of fused-ring (bicyclic) bond motifs is 1. The zero-order chi connectivity index (χ0) is 20.6. The fourth-order valence-electron chi connectivity index (χ4n) is 4.06. The van der Waals surface area contributed by atoms with Crippen LogP contribution in [0.3, 0.4) is 0 Å². The van der Waals surface area contributed by atoms with Gasteiger partial charge in [0.05, 0.1) is 6.61 Å². The van der Waals surface area contributed by atoms with Gasteiger partial charge in [-0.1, -0.05) is 42.1 Å². The molecule has 0 bridgehead atoms. The Morgan fingerprint density at radius 1 is 1.17 bits per heavy atom. The molecule has 1 heterocycles. The second kappa shape index (κ2) is 7.91. The first-order valence-corrected chi connectivity index (χ1v) is 11.5. The highest BCUT2D eigenvalue weighted by Gasteiger charge is 2.47. The SMILES string of the molecule is CCOC(=O)C1(Sc2nccc(Nc3ccc(C4CC4)c4ccccc34)n2)CCC1. The van der Waals surface area contributed by atoms with Gasteiger partial charge in [0.2, 0.25) is 0 Å². The van der Waals surface area contributed by atoms with Crippen LogP contribution in [0, 0.1) is 0 Å². The Morgan fingerprint density at radius 3 is 2.67 bits per heavy atom. The van der Waals surface area contributed by atoms with E-state index in [1.54, 1.807) is 6.20 Å². The second-order valence-corrected chi connectivity index (χ2v) is 9.39. The lowest BCUT2D eigenvalue weighted by atomic mass is 9.84. The molecule has 0 radical (unpaired) electrons. The summed E-state index contributed by atoms with van der Waals surface area (Å²) in [6.07, 6.45) is 6.96. The summed E-state index contributed by atoms with van der Waals surface area (Å²) in [6.45, 7) is 2.24. The van der Waals surface area contributed by atoms with Crippen molar-refractivity contribution < 1.29 is 9.53 Å². The molecule has 0 amide bonds. The zero-order valence-electron chi connectivity index (χ0n) is 17.1. The van der Waals surface area contributed by atoms with Crippen molar-refractivity contribution in [2.24, 2.45) is 0 Å². The first-order valence-electron chi connectivity index (χ1n) is 10.7. The number of hydrogen-bond acceptors (Lipinski definition) is 6. The van der Waals surface area contributed by atoms with Crippen LogP contribution in [0.5, 0.6) is 0 Å². The molecule has 0 saturated heterocycles. The highest BCUT2D eigenvalue weighted by Crippen LogP contribution is 2.48. The first kappa shape index (κ1) is 19.4. The van der Waals surface area contributed by atoms with Gasteiger partial charge in [-0.2, -0.15) is 0 Å². The maximum atomic E-state index is 12.5. The average Bonchev–Trinajstić information content (AvgIpc) is 3.57. The summed E-state index contributed by atoms with van der Waals surface area (Å²) in [7, 11) is 0. The van der Waals surface area contributed by atoms with Crippen molar-refractivity contribution in [1.82, 2.24) is 9.97 Å². The Balaban J connectivity index is 1.40. The standard InChI is InChI=1S/C24H25N3O2S/c1-2-29-22(28)24(13-5-14-24)30-23-25-15-12-21(27-23)26-20-11-10-17(16-8-9-16)18-6-3-4-7-19(18)20/h3-4,6-7,10-12,15-16H,2,5,8-9,13-14H2,1H3,(H,25,26,27). The molecule has 0 aliphatic heterocycles. The van der Waals surface area contributed by atoms with Crippen LogP contribution in [-0.2, 0) is 9.53 Å². The summed E-state index contributed by atoms with van der Waals surface area (Å²) in [4.78, 5) is 21.5. The number of anilines is 2. The van der Waals surface area contributed by atoms with Crippen molar-refractivity contribution in [3.8, 4) is 0 Å². The molecule has 1 N–H and O–H groups in total. The van der Waals surface area contributed by atoms with Crippen molar-refractivity contribution in [3.63, 3.8) is 0 Å². The first-order chi connectivity index (χ1) is 14.7. The number of benzene rings is 2. The van der Waals surface area contributed by atoms with Crippen LogP contribution in [0.25, 0.3) is 10.8 Å². The van der Waals surface area contributed by atoms with Crippen LogP contribution in [0.15, 0.2) is 53.8 Å². The molecule has 0 atom stereocenters. The van der Waals surface area contributed by atoms with Crippen LogP contribution in [0.4, 0.5) is 11.5 Å². The average molecular weight is 420 g/mol. The molecule has 2 aliphatic rings. The quantitative estimate of drug-likeness (QED) is 0.384. The third-order valence-electron chi connectivity index (χ3n) is 5.97. The number of esters is 1.